The van der Waals surface area contributed by atoms with Gasteiger partial charge in [-0.1, -0.05) is 6.07 Å². The van der Waals surface area contributed by atoms with Crippen molar-refractivity contribution in [2.24, 2.45) is 0 Å². The van der Waals surface area contributed by atoms with Crippen LogP contribution in [0.15, 0.2) is 30.5 Å². The van der Waals surface area contributed by atoms with Gasteiger partial charge in [0.15, 0.2) is 0 Å². The third-order valence-electron chi connectivity index (χ3n) is 2.61. The number of benzene rings is 1. The van der Waals surface area contributed by atoms with Crippen molar-refractivity contribution >= 4 is 22.6 Å². The number of hydrogen-bond donors (Lipinski definition) is 1. The Labute approximate surface area is 101 Å². The summed E-state index contributed by atoms with van der Waals surface area (Å²) in [5.74, 6) is -0.834. The van der Waals surface area contributed by atoms with E-state index in [2.05, 4.69) is 4.74 Å². The number of non-ortho nitro benzene ring substituents is 1. The standard InChI is InChI=1S/C11H10N2O5/c1-18-11(15)10(14)12-6-5-7-8(12)3-2-4-9(7)13(16)17/h2-6,10,14H,1H3. The summed E-state index contributed by atoms with van der Waals surface area (Å²) in [5.41, 5.74) is 0.311. The highest BCUT2D eigenvalue weighted by atomic mass is 16.6. The SMILES string of the molecule is COC(=O)C(O)n1ccc2c([N+](=O)[O-])cccc21. The van der Waals surface area contributed by atoms with Crippen LogP contribution >= 0.6 is 0 Å². The molecule has 0 saturated carbocycles. The fourth-order valence-electron chi connectivity index (χ4n) is 1.76. The summed E-state index contributed by atoms with van der Waals surface area (Å²) < 4.78 is 5.64. The molecule has 1 N–H and O–H groups in total. The molecule has 1 aromatic heterocycles. The molecule has 2 rings (SSSR count). The summed E-state index contributed by atoms with van der Waals surface area (Å²) in [6.45, 7) is 0. The first-order valence-corrected chi connectivity index (χ1v) is 5.06. The van der Waals surface area contributed by atoms with Crippen LogP contribution < -0.4 is 0 Å². The first-order chi connectivity index (χ1) is 8.56. The number of aliphatic hydroxyl groups is 1. The lowest BCUT2D eigenvalue weighted by Crippen LogP contribution is -2.19. The van der Waals surface area contributed by atoms with E-state index >= 15 is 0 Å². The minimum absolute atomic E-state index is 0.0803. The number of ether oxygens (including phenoxy) is 1. The van der Waals surface area contributed by atoms with Gasteiger partial charge in [-0.2, -0.15) is 0 Å². The zero-order chi connectivity index (χ0) is 13.3. The number of aliphatic hydroxyl groups excluding tert-OH is 1. The van der Waals surface area contributed by atoms with Gasteiger partial charge in [-0.3, -0.25) is 10.1 Å². The van der Waals surface area contributed by atoms with Gasteiger partial charge in [0.1, 0.15) is 0 Å². The Kier molecular flexibility index (Phi) is 2.99. The highest BCUT2D eigenvalue weighted by Gasteiger charge is 2.21. The van der Waals surface area contributed by atoms with E-state index in [9.17, 15) is 20.0 Å². The van der Waals surface area contributed by atoms with Crippen LogP contribution in [-0.4, -0.2) is 27.7 Å². The maximum Gasteiger partial charge on any atom is 0.356 e. The Balaban J connectivity index is 2.59. The molecular formula is C11H10N2O5. The number of carbonyl (C=O) groups is 1. The number of carbonyl (C=O) groups excluding carboxylic acids is 1. The number of nitro groups is 1. The molecule has 2 aromatic rings. The summed E-state index contributed by atoms with van der Waals surface area (Å²) >= 11 is 0. The van der Waals surface area contributed by atoms with Crippen molar-refractivity contribution in [1.29, 1.82) is 0 Å². The molecule has 0 aliphatic rings. The largest absolute Gasteiger partial charge is 0.466 e. The predicted molar refractivity (Wildman–Crippen MR) is 61.9 cm³/mol. The van der Waals surface area contributed by atoms with E-state index in [1.165, 1.54) is 29.0 Å². The van der Waals surface area contributed by atoms with Crippen LogP contribution in [0.4, 0.5) is 5.69 Å². The highest BCUT2D eigenvalue weighted by Crippen LogP contribution is 2.27. The molecule has 1 atom stereocenters. The smallest absolute Gasteiger partial charge is 0.356 e. The van der Waals surface area contributed by atoms with E-state index in [0.29, 0.717) is 10.9 Å². The first-order valence-electron chi connectivity index (χ1n) is 5.06. The highest BCUT2D eigenvalue weighted by molar-refractivity contribution is 5.90. The van der Waals surface area contributed by atoms with Gasteiger partial charge in [-0.15, -0.1) is 0 Å². The summed E-state index contributed by atoms with van der Waals surface area (Å²) in [7, 11) is 1.15. The molecule has 7 heteroatoms. The van der Waals surface area contributed by atoms with Gasteiger partial charge in [-0.25, -0.2) is 4.79 Å². The van der Waals surface area contributed by atoms with E-state index in [-0.39, 0.29) is 5.69 Å². The predicted octanol–water partition coefficient (Wildman–Crippen LogP) is 1.21. The van der Waals surface area contributed by atoms with Crippen LogP contribution in [0.25, 0.3) is 10.9 Å². The quantitative estimate of drug-likeness (QED) is 0.502. The third-order valence-corrected chi connectivity index (χ3v) is 2.61. The molecule has 7 nitrogen and oxygen atoms in total. The maximum atomic E-state index is 11.2. The van der Waals surface area contributed by atoms with E-state index < -0.39 is 17.1 Å². The van der Waals surface area contributed by atoms with Crippen molar-refractivity contribution in [3.8, 4) is 0 Å². The van der Waals surface area contributed by atoms with Gasteiger partial charge in [-0.05, 0) is 12.1 Å². The molecule has 0 amide bonds. The number of methoxy groups -OCH3 is 1. The van der Waals surface area contributed by atoms with E-state index in [1.54, 1.807) is 6.07 Å². The summed E-state index contributed by atoms with van der Waals surface area (Å²) in [4.78, 5) is 21.6. The molecule has 0 spiro atoms. The minimum atomic E-state index is -1.52. The minimum Gasteiger partial charge on any atom is -0.466 e. The van der Waals surface area contributed by atoms with Crippen LogP contribution in [0, 0.1) is 10.1 Å². The summed E-state index contributed by atoms with van der Waals surface area (Å²) in [5, 5.41) is 20.9. The van der Waals surface area contributed by atoms with Gasteiger partial charge < -0.3 is 14.4 Å². The Morgan fingerprint density at radius 2 is 2.22 bits per heavy atom. The zero-order valence-electron chi connectivity index (χ0n) is 9.44. The number of nitrogens with zero attached hydrogens (tertiary/aromatic N) is 2. The average molecular weight is 250 g/mol. The van der Waals surface area contributed by atoms with Gasteiger partial charge in [0.2, 0.25) is 6.23 Å². The van der Waals surface area contributed by atoms with Crippen LogP contribution in [0.2, 0.25) is 0 Å². The molecule has 0 radical (unpaired) electrons. The lowest BCUT2D eigenvalue weighted by molar-refractivity contribution is -0.383. The van der Waals surface area contributed by atoms with Crippen molar-refractivity contribution < 1.29 is 19.6 Å². The van der Waals surface area contributed by atoms with E-state index in [0.717, 1.165) is 7.11 Å². The van der Waals surface area contributed by atoms with Crippen molar-refractivity contribution in [1.82, 2.24) is 4.57 Å². The number of rotatable bonds is 3. The van der Waals surface area contributed by atoms with E-state index in [1.807, 2.05) is 0 Å². The Morgan fingerprint density at radius 3 is 2.83 bits per heavy atom. The second-order valence-corrected chi connectivity index (χ2v) is 3.59. The normalized spacial score (nSPS) is 12.3. The van der Waals surface area contributed by atoms with Crippen LogP contribution in [0.5, 0.6) is 0 Å². The van der Waals surface area contributed by atoms with Crippen molar-refractivity contribution in [3.05, 3.63) is 40.6 Å². The van der Waals surface area contributed by atoms with Crippen molar-refractivity contribution in [2.45, 2.75) is 6.23 Å². The van der Waals surface area contributed by atoms with Crippen molar-refractivity contribution in [2.75, 3.05) is 7.11 Å². The fourth-order valence-corrected chi connectivity index (χ4v) is 1.76. The molecule has 94 valence electrons. The Morgan fingerprint density at radius 1 is 1.50 bits per heavy atom. The lowest BCUT2D eigenvalue weighted by Gasteiger charge is -2.11. The molecule has 0 fully saturated rings. The molecule has 18 heavy (non-hydrogen) atoms. The molecule has 0 aliphatic carbocycles. The van der Waals surface area contributed by atoms with E-state index in [4.69, 9.17) is 0 Å². The summed E-state index contributed by atoms with van der Waals surface area (Å²) in [6.07, 6.45) is -0.117. The van der Waals surface area contributed by atoms with Gasteiger partial charge in [0.05, 0.1) is 22.9 Å². The fraction of sp³-hybridized carbons (Fsp3) is 0.182. The van der Waals surface area contributed by atoms with Crippen molar-refractivity contribution in [3.63, 3.8) is 0 Å². The van der Waals surface area contributed by atoms with Gasteiger partial charge in [0.25, 0.3) is 5.69 Å². The zero-order valence-corrected chi connectivity index (χ0v) is 9.44. The molecule has 1 unspecified atom stereocenters. The van der Waals surface area contributed by atoms with Gasteiger partial charge in [0, 0.05) is 12.3 Å². The third kappa shape index (κ3) is 1.80. The van der Waals surface area contributed by atoms with Crippen LogP contribution in [0.3, 0.4) is 0 Å². The topological polar surface area (TPSA) is 94.6 Å². The Hall–Kier alpha value is -2.41. The maximum absolute atomic E-state index is 11.2. The first kappa shape index (κ1) is 12.1. The second kappa shape index (κ2) is 4.46. The number of aromatic nitrogens is 1. The average Bonchev–Trinajstić information content (AvgIpc) is 2.80. The molecule has 0 saturated heterocycles. The van der Waals surface area contributed by atoms with Crippen LogP contribution in [-0.2, 0) is 9.53 Å². The second-order valence-electron chi connectivity index (χ2n) is 3.59. The number of fused-ring (bicyclic) bond motifs is 1. The number of hydrogen-bond acceptors (Lipinski definition) is 5. The molecular weight excluding hydrogens is 240 g/mol. The number of esters is 1. The Bertz CT molecular complexity index is 619. The number of nitro benzene ring substituents is 1. The monoisotopic (exact) mass is 250 g/mol. The van der Waals surface area contributed by atoms with Crippen LogP contribution in [0.1, 0.15) is 6.23 Å². The van der Waals surface area contributed by atoms with Gasteiger partial charge >= 0.3 is 5.97 Å². The molecule has 0 bridgehead atoms. The molecule has 1 heterocycles. The summed E-state index contributed by atoms with van der Waals surface area (Å²) in [6, 6.07) is 5.90. The molecule has 1 aromatic carbocycles. The molecule has 0 aliphatic heterocycles. The lowest BCUT2D eigenvalue weighted by atomic mass is 10.2.